The predicted octanol–water partition coefficient (Wildman–Crippen LogP) is 2.69. The molecule has 0 aliphatic carbocycles. The molecular weight excluding hydrogens is 489 g/mol. The van der Waals surface area contributed by atoms with Crippen molar-refractivity contribution in [3.63, 3.8) is 0 Å². The number of benzene rings is 2. The van der Waals surface area contributed by atoms with Crippen LogP contribution in [0.1, 0.15) is 62.7 Å². The van der Waals surface area contributed by atoms with Crippen LogP contribution in [-0.4, -0.2) is 58.7 Å². The first-order chi connectivity index (χ1) is 17.6. The summed E-state index contributed by atoms with van der Waals surface area (Å²) in [5.74, 6) is -2.33. The molecule has 194 valence electrons. The van der Waals surface area contributed by atoms with Crippen LogP contribution in [0.4, 0.5) is 13.2 Å². The molecule has 37 heavy (non-hydrogen) atoms. The van der Waals surface area contributed by atoms with E-state index in [9.17, 15) is 32.3 Å². The number of halogens is 3. The number of nitrogens with zero attached hydrogens (tertiary/aromatic N) is 2. The lowest BCUT2D eigenvalue weighted by Gasteiger charge is -2.30. The molecule has 0 spiro atoms. The van der Waals surface area contributed by atoms with Gasteiger partial charge in [-0.2, -0.15) is 13.2 Å². The Morgan fingerprint density at radius 3 is 2.43 bits per heavy atom. The highest BCUT2D eigenvalue weighted by Crippen LogP contribution is 2.34. The normalized spacial score (nSPS) is 20.8. The number of likely N-dealkylation sites (tertiary alicyclic amines) is 1. The average Bonchev–Trinajstić information content (AvgIpc) is 3.15. The minimum Gasteiger partial charge on any atom is -0.337 e. The van der Waals surface area contributed by atoms with Crippen molar-refractivity contribution in [2.45, 2.75) is 50.6 Å². The number of carbonyl (C=O) groups is 4. The molecule has 8 nitrogen and oxygen atoms in total. The molecular formula is C26H25F3N4O4. The number of piperidine rings is 1. The minimum absolute atomic E-state index is 0.0166. The summed E-state index contributed by atoms with van der Waals surface area (Å²) in [6.07, 6.45) is -3.32. The summed E-state index contributed by atoms with van der Waals surface area (Å²) >= 11 is 0. The second-order valence-corrected chi connectivity index (χ2v) is 9.59. The van der Waals surface area contributed by atoms with Crippen LogP contribution < -0.4 is 10.6 Å². The lowest BCUT2D eigenvalue weighted by molar-refractivity contribution is -0.155. The number of nitrogens with one attached hydrogen (secondary N) is 2. The summed E-state index contributed by atoms with van der Waals surface area (Å²) in [4.78, 5) is 52.8. The molecule has 2 atom stereocenters. The van der Waals surface area contributed by atoms with Crippen molar-refractivity contribution in [3.05, 3.63) is 70.3 Å². The first-order valence-corrected chi connectivity index (χ1v) is 12.1. The van der Waals surface area contributed by atoms with Gasteiger partial charge in [-0.25, -0.2) is 0 Å². The highest BCUT2D eigenvalue weighted by molar-refractivity contribution is 6.06. The first kappa shape index (κ1) is 24.9. The third-order valence-corrected chi connectivity index (χ3v) is 7.06. The molecule has 0 aromatic heterocycles. The quantitative estimate of drug-likeness (QED) is 0.578. The van der Waals surface area contributed by atoms with Gasteiger partial charge >= 0.3 is 6.18 Å². The smallest absolute Gasteiger partial charge is 0.337 e. The van der Waals surface area contributed by atoms with Crippen molar-refractivity contribution < 1.29 is 32.3 Å². The van der Waals surface area contributed by atoms with Gasteiger partial charge in [0.25, 0.3) is 11.8 Å². The summed E-state index contributed by atoms with van der Waals surface area (Å²) in [6, 6.07) is 7.07. The predicted molar refractivity (Wildman–Crippen MR) is 125 cm³/mol. The number of amides is 4. The van der Waals surface area contributed by atoms with Gasteiger partial charge in [0.15, 0.2) is 6.04 Å². The van der Waals surface area contributed by atoms with Gasteiger partial charge in [-0.05, 0) is 60.8 Å². The second kappa shape index (κ2) is 9.62. The van der Waals surface area contributed by atoms with Gasteiger partial charge < -0.3 is 10.2 Å². The van der Waals surface area contributed by atoms with Crippen molar-refractivity contribution in [2.75, 3.05) is 13.1 Å². The molecule has 0 radical (unpaired) electrons. The summed E-state index contributed by atoms with van der Waals surface area (Å²) in [5, 5.41) is 4.29. The molecule has 2 aromatic carbocycles. The third-order valence-electron chi connectivity index (χ3n) is 7.06. The summed E-state index contributed by atoms with van der Waals surface area (Å²) in [7, 11) is 0. The Kier molecular flexibility index (Phi) is 6.49. The minimum atomic E-state index is -4.72. The van der Waals surface area contributed by atoms with Crippen LogP contribution in [0.5, 0.6) is 0 Å². The average molecular weight is 515 g/mol. The van der Waals surface area contributed by atoms with E-state index in [1.165, 1.54) is 35.2 Å². The van der Waals surface area contributed by atoms with Crippen LogP contribution in [0.3, 0.4) is 0 Å². The molecule has 0 bridgehead atoms. The van der Waals surface area contributed by atoms with E-state index in [-0.39, 0.29) is 36.1 Å². The monoisotopic (exact) mass is 514 g/mol. The van der Waals surface area contributed by atoms with Gasteiger partial charge in [-0.15, -0.1) is 0 Å². The van der Waals surface area contributed by atoms with E-state index in [4.69, 9.17) is 0 Å². The highest BCUT2D eigenvalue weighted by Gasteiger charge is 2.43. The van der Waals surface area contributed by atoms with Crippen molar-refractivity contribution >= 4 is 23.6 Å². The molecule has 5 rings (SSSR count). The van der Waals surface area contributed by atoms with Crippen molar-refractivity contribution in [1.29, 1.82) is 0 Å². The van der Waals surface area contributed by atoms with Crippen LogP contribution in [0.15, 0.2) is 42.5 Å². The molecule has 3 aliphatic heterocycles. The topological polar surface area (TPSA) is 98.8 Å². The molecule has 2 aromatic rings. The zero-order chi connectivity index (χ0) is 26.3. The second-order valence-electron chi connectivity index (χ2n) is 9.59. The number of imide groups is 1. The van der Waals surface area contributed by atoms with Gasteiger partial charge in [0.05, 0.1) is 0 Å². The maximum Gasteiger partial charge on any atom is 0.412 e. The van der Waals surface area contributed by atoms with Crippen molar-refractivity contribution in [2.24, 2.45) is 0 Å². The van der Waals surface area contributed by atoms with Gasteiger partial charge in [-0.1, -0.05) is 24.3 Å². The van der Waals surface area contributed by atoms with Crippen molar-refractivity contribution in [3.8, 4) is 0 Å². The largest absolute Gasteiger partial charge is 0.412 e. The number of fused-ring (bicyclic) bond motifs is 1. The zero-order valence-electron chi connectivity index (χ0n) is 19.8. The number of alkyl halides is 3. The number of carbonyl (C=O) groups excluding carboxylic acids is 4. The number of rotatable bonds is 6. The fourth-order valence-electron chi connectivity index (χ4n) is 4.90. The van der Waals surface area contributed by atoms with E-state index in [2.05, 4.69) is 15.5 Å². The lowest BCUT2D eigenvalue weighted by atomic mass is 10.0. The Balaban J connectivity index is 1.30. The molecule has 11 heteroatoms. The van der Waals surface area contributed by atoms with E-state index in [0.29, 0.717) is 12.1 Å². The third kappa shape index (κ3) is 5.08. The SMILES string of the molecule is O=C1CCC(N2Cc3cc(C(=O)NC(c4ccc(CN5CCC5)cc4)C(F)(F)F)ccc3C2=O)C(=O)N1. The summed E-state index contributed by atoms with van der Waals surface area (Å²) in [5.41, 5.74) is 1.50. The molecule has 0 saturated carbocycles. The Labute approximate surface area is 210 Å². The number of hydrogen-bond donors (Lipinski definition) is 2. The highest BCUT2D eigenvalue weighted by atomic mass is 19.4. The fourth-order valence-corrected chi connectivity index (χ4v) is 4.90. The fraction of sp³-hybridized carbons (Fsp3) is 0.385. The van der Waals surface area contributed by atoms with Gasteiger partial charge in [0.2, 0.25) is 11.8 Å². The molecule has 4 amide bonds. The maximum atomic E-state index is 13.9. The Hall–Kier alpha value is -3.73. The van der Waals surface area contributed by atoms with E-state index >= 15 is 0 Å². The van der Waals surface area contributed by atoms with Gasteiger partial charge in [-0.3, -0.25) is 29.4 Å². The number of hydrogen-bond acceptors (Lipinski definition) is 5. The van der Waals surface area contributed by atoms with Crippen molar-refractivity contribution in [1.82, 2.24) is 20.4 Å². The summed E-state index contributed by atoms with van der Waals surface area (Å²) in [6.45, 7) is 2.64. The molecule has 3 aliphatic rings. The molecule has 2 saturated heterocycles. The molecule has 2 fully saturated rings. The Morgan fingerprint density at radius 2 is 1.81 bits per heavy atom. The first-order valence-electron chi connectivity index (χ1n) is 12.1. The zero-order valence-corrected chi connectivity index (χ0v) is 19.8. The van der Waals surface area contributed by atoms with E-state index < -0.39 is 41.9 Å². The van der Waals surface area contributed by atoms with Crippen LogP contribution in [0.25, 0.3) is 0 Å². The maximum absolute atomic E-state index is 13.9. The molecule has 2 unspecified atom stereocenters. The van der Waals surface area contributed by atoms with Gasteiger partial charge in [0, 0.05) is 30.6 Å². The van der Waals surface area contributed by atoms with Crippen LogP contribution in [0.2, 0.25) is 0 Å². The lowest BCUT2D eigenvalue weighted by Crippen LogP contribution is -2.52. The van der Waals surface area contributed by atoms with Crippen LogP contribution in [0, 0.1) is 0 Å². The van der Waals surface area contributed by atoms with Gasteiger partial charge in [0.1, 0.15) is 6.04 Å². The van der Waals surface area contributed by atoms with E-state index in [1.807, 2.05) is 0 Å². The van der Waals surface area contributed by atoms with E-state index in [1.54, 1.807) is 12.1 Å². The standard InChI is InChI=1S/C26H25F3N4O4/c27-26(28,29)22(16-4-2-15(3-5-16)13-32-10-1-11-32)31-23(35)17-6-7-19-18(12-17)14-33(25(19)37)20-8-9-21(34)30-24(20)36/h2-7,12,20,22H,1,8-11,13-14H2,(H,31,35)(H,30,34,36). The van der Waals surface area contributed by atoms with Crippen LogP contribution in [-0.2, 0) is 22.7 Å². The van der Waals surface area contributed by atoms with E-state index in [0.717, 1.165) is 25.1 Å². The molecule has 3 heterocycles. The van der Waals surface area contributed by atoms with Crippen LogP contribution >= 0.6 is 0 Å². The molecule has 2 N–H and O–H groups in total. The Bertz CT molecular complexity index is 1260. The Morgan fingerprint density at radius 1 is 1.08 bits per heavy atom. The summed E-state index contributed by atoms with van der Waals surface area (Å²) < 4.78 is 41.7.